The minimum atomic E-state index is -4.51. The molecule has 8 rings (SSSR count). The van der Waals surface area contributed by atoms with Gasteiger partial charge in [0.1, 0.15) is 0 Å². The van der Waals surface area contributed by atoms with Crippen molar-refractivity contribution in [3.05, 3.63) is 143 Å². The predicted molar refractivity (Wildman–Crippen MR) is 184 cm³/mol. The molecule has 4 nitrogen and oxygen atoms in total. The molecule has 0 saturated heterocycles. The van der Waals surface area contributed by atoms with Gasteiger partial charge in [0.15, 0.2) is 0 Å². The lowest BCUT2D eigenvalue weighted by Gasteiger charge is -2.21. The highest BCUT2D eigenvalue weighted by atomic mass is 19.4. The molecule has 0 amide bonds. The molecule has 0 aliphatic rings. The van der Waals surface area contributed by atoms with Crippen molar-refractivity contribution in [2.45, 2.75) is 20.0 Å². The summed E-state index contributed by atoms with van der Waals surface area (Å²) in [5, 5.41) is 23.7. The molecule has 0 aliphatic heterocycles. The molecule has 48 heavy (non-hydrogen) atoms. The largest absolute Gasteiger partial charge is 0.416 e. The zero-order valence-electron chi connectivity index (χ0n) is 25.9. The molecular weight excluding hydrogens is 605 g/mol. The van der Waals surface area contributed by atoms with Crippen LogP contribution in [-0.2, 0) is 6.18 Å². The third kappa shape index (κ3) is 4.44. The van der Waals surface area contributed by atoms with Crippen LogP contribution in [0.2, 0.25) is 0 Å². The Bertz CT molecular complexity index is 2710. The predicted octanol–water partition coefficient (Wildman–Crippen LogP) is 10.9. The van der Waals surface area contributed by atoms with Gasteiger partial charge in [0.25, 0.3) is 0 Å². The van der Waals surface area contributed by atoms with Crippen molar-refractivity contribution < 1.29 is 13.2 Å². The second-order valence-corrected chi connectivity index (χ2v) is 12.2. The van der Waals surface area contributed by atoms with E-state index in [1.54, 1.807) is 6.07 Å². The van der Waals surface area contributed by atoms with E-state index in [1.807, 2.05) is 85.1 Å². The highest BCUT2D eigenvalue weighted by Crippen LogP contribution is 2.44. The first-order chi connectivity index (χ1) is 23.2. The van der Waals surface area contributed by atoms with Gasteiger partial charge in [0.05, 0.1) is 62.3 Å². The van der Waals surface area contributed by atoms with Crippen molar-refractivity contribution in [2.75, 3.05) is 0 Å². The first-order valence-electron chi connectivity index (χ1n) is 15.4. The van der Waals surface area contributed by atoms with E-state index in [4.69, 9.17) is 0 Å². The normalized spacial score (nSPS) is 11.8. The number of aryl methyl sites for hydroxylation is 2. The zero-order valence-corrected chi connectivity index (χ0v) is 25.9. The van der Waals surface area contributed by atoms with Gasteiger partial charge in [0.2, 0.25) is 0 Å². The lowest BCUT2D eigenvalue weighted by molar-refractivity contribution is -0.137. The third-order valence-corrected chi connectivity index (χ3v) is 9.03. The molecule has 7 heteroatoms. The second-order valence-electron chi connectivity index (χ2n) is 12.2. The Kier molecular flexibility index (Phi) is 6.44. The Morgan fingerprint density at radius 1 is 0.521 bits per heavy atom. The minimum Gasteiger partial charge on any atom is -0.308 e. The summed E-state index contributed by atoms with van der Waals surface area (Å²) in [5.74, 6) is 0. The van der Waals surface area contributed by atoms with E-state index in [0.717, 1.165) is 50.1 Å². The Hall–Kier alpha value is -6.31. The summed E-state index contributed by atoms with van der Waals surface area (Å²) in [6.45, 7) is 3.98. The van der Waals surface area contributed by atoms with E-state index in [2.05, 4.69) is 41.0 Å². The number of halogens is 3. The Balaban J connectivity index is 1.60. The van der Waals surface area contributed by atoms with Gasteiger partial charge in [0, 0.05) is 27.1 Å². The molecule has 0 fully saturated rings. The van der Waals surface area contributed by atoms with Gasteiger partial charge in [-0.2, -0.15) is 23.7 Å². The average Bonchev–Trinajstić information content (AvgIpc) is 3.59. The summed E-state index contributed by atoms with van der Waals surface area (Å²) in [7, 11) is 0. The molecule has 8 aromatic rings. The first-order valence-corrected chi connectivity index (χ1v) is 15.4. The Labute approximate surface area is 273 Å². The highest BCUT2D eigenvalue weighted by molar-refractivity contribution is 6.12. The summed E-state index contributed by atoms with van der Waals surface area (Å²) in [5.41, 5.74) is 8.05. The summed E-state index contributed by atoms with van der Waals surface area (Å²) in [6.07, 6.45) is -4.51. The number of hydrogen-bond donors (Lipinski definition) is 0. The van der Waals surface area contributed by atoms with Crippen molar-refractivity contribution in [1.82, 2.24) is 9.13 Å². The van der Waals surface area contributed by atoms with Gasteiger partial charge in [-0.3, -0.25) is 0 Å². The number of aromatic nitrogens is 2. The highest BCUT2D eigenvalue weighted by Gasteiger charge is 2.31. The van der Waals surface area contributed by atoms with E-state index in [1.165, 1.54) is 12.1 Å². The number of alkyl halides is 3. The van der Waals surface area contributed by atoms with Crippen molar-refractivity contribution in [3.63, 3.8) is 0 Å². The Morgan fingerprint density at radius 3 is 1.62 bits per heavy atom. The number of nitrogens with zero attached hydrogens (tertiary/aromatic N) is 4. The summed E-state index contributed by atoms with van der Waals surface area (Å²) in [4.78, 5) is 0. The summed E-state index contributed by atoms with van der Waals surface area (Å²) in [6, 6.07) is 39.4. The van der Waals surface area contributed by atoms with Crippen LogP contribution in [0.1, 0.15) is 27.8 Å². The van der Waals surface area contributed by atoms with E-state index in [0.29, 0.717) is 44.3 Å². The van der Waals surface area contributed by atoms with Crippen LogP contribution in [0.3, 0.4) is 0 Å². The molecule has 0 aliphatic carbocycles. The lowest BCUT2D eigenvalue weighted by atomic mass is 9.95. The second kappa shape index (κ2) is 10.6. The monoisotopic (exact) mass is 630 g/mol. The van der Waals surface area contributed by atoms with E-state index >= 15 is 0 Å². The maximum atomic E-state index is 14.0. The van der Waals surface area contributed by atoms with E-state index < -0.39 is 11.7 Å². The number of fused-ring (bicyclic) bond motifs is 6. The van der Waals surface area contributed by atoms with Gasteiger partial charge in [-0.15, -0.1) is 0 Å². The number of nitriles is 2. The molecular formula is C41H25F3N4. The van der Waals surface area contributed by atoms with Crippen molar-refractivity contribution >= 4 is 43.6 Å². The zero-order chi connectivity index (χ0) is 33.3. The fourth-order valence-corrected chi connectivity index (χ4v) is 7.07. The fourth-order valence-electron chi connectivity index (χ4n) is 7.07. The average molecular weight is 631 g/mol. The Morgan fingerprint density at radius 2 is 1.04 bits per heavy atom. The standard InChI is InChI=1S/C41H25F3N4/c1-24-11-13-36-32(17-24)30-7-3-5-9-34(30)47(36)38-19-27(23-46)20-39(40(38)28-16-25(2)15-26(18-28)22-45)48-35-10-6-4-8-31(35)33-21-29(41(42,43)44)12-14-37(33)48/h3-21H,1-2H3. The maximum Gasteiger partial charge on any atom is 0.416 e. The lowest BCUT2D eigenvalue weighted by Crippen LogP contribution is -2.06. The van der Waals surface area contributed by atoms with E-state index in [-0.39, 0.29) is 0 Å². The van der Waals surface area contributed by atoms with Crippen LogP contribution in [0.25, 0.3) is 66.1 Å². The molecule has 0 atom stereocenters. The van der Waals surface area contributed by atoms with Crippen LogP contribution in [0, 0.1) is 36.5 Å². The molecule has 0 bridgehead atoms. The fraction of sp³-hybridized carbons (Fsp3) is 0.0732. The quantitative estimate of drug-likeness (QED) is 0.195. The maximum absolute atomic E-state index is 14.0. The van der Waals surface area contributed by atoms with Crippen LogP contribution in [0.5, 0.6) is 0 Å². The molecule has 0 spiro atoms. The van der Waals surface area contributed by atoms with Crippen LogP contribution in [-0.4, -0.2) is 9.13 Å². The molecule has 6 aromatic carbocycles. The number of para-hydroxylation sites is 2. The van der Waals surface area contributed by atoms with E-state index in [9.17, 15) is 23.7 Å². The van der Waals surface area contributed by atoms with Gasteiger partial charge in [-0.25, -0.2) is 0 Å². The topological polar surface area (TPSA) is 57.4 Å². The van der Waals surface area contributed by atoms with Gasteiger partial charge in [-0.05, 0) is 91.7 Å². The summed E-state index contributed by atoms with van der Waals surface area (Å²) < 4.78 is 46.0. The SMILES string of the molecule is Cc1cc(C#N)cc(-c2c(-n3c4ccccc4c4cc(C)ccc43)cc(C#N)cc2-n2c3ccccc3c3cc(C(F)(F)F)ccc32)c1. The van der Waals surface area contributed by atoms with Gasteiger partial charge < -0.3 is 9.13 Å². The van der Waals surface area contributed by atoms with Crippen molar-refractivity contribution in [1.29, 1.82) is 10.5 Å². The smallest absolute Gasteiger partial charge is 0.308 e. The van der Waals surface area contributed by atoms with Crippen LogP contribution >= 0.6 is 0 Å². The molecule has 0 N–H and O–H groups in total. The molecule has 0 saturated carbocycles. The van der Waals surface area contributed by atoms with Crippen LogP contribution < -0.4 is 0 Å². The number of rotatable bonds is 3. The summed E-state index contributed by atoms with van der Waals surface area (Å²) >= 11 is 0. The number of benzene rings is 6. The molecule has 0 unspecified atom stereocenters. The minimum absolute atomic E-state index is 0.382. The third-order valence-electron chi connectivity index (χ3n) is 9.03. The van der Waals surface area contributed by atoms with Crippen molar-refractivity contribution in [3.8, 4) is 34.6 Å². The van der Waals surface area contributed by atoms with Crippen LogP contribution in [0.4, 0.5) is 13.2 Å². The molecule has 2 heterocycles. The molecule has 230 valence electrons. The molecule has 0 radical (unpaired) electrons. The van der Waals surface area contributed by atoms with Gasteiger partial charge in [-0.1, -0.05) is 54.1 Å². The van der Waals surface area contributed by atoms with Crippen molar-refractivity contribution in [2.24, 2.45) is 0 Å². The van der Waals surface area contributed by atoms with Crippen LogP contribution in [0.15, 0.2) is 115 Å². The van der Waals surface area contributed by atoms with Gasteiger partial charge >= 0.3 is 6.18 Å². The first kappa shape index (κ1) is 29.1. The number of hydrogen-bond acceptors (Lipinski definition) is 2. The molecule has 2 aromatic heterocycles.